The summed E-state index contributed by atoms with van der Waals surface area (Å²) in [6.07, 6.45) is 0. The van der Waals surface area contributed by atoms with Gasteiger partial charge in [0.1, 0.15) is 17.4 Å². The molecule has 0 atom stereocenters. The monoisotopic (exact) mass is 297 g/mol. The van der Waals surface area contributed by atoms with Gasteiger partial charge in [0.25, 0.3) is 0 Å². The Balaban J connectivity index is 2.17. The summed E-state index contributed by atoms with van der Waals surface area (Å²) in [6, 6.07) is 13.0. The molecule has 0 saturated heterocycles. The quantitative estimate of drug-likeness (QED) is 0.942. The molecular weight excluding hydrogens is 286 g/mol. The van der Waals surface area contributed by atoms with Crippen LogP contribution in [0.5, 0.6) is 11.5 Å². The van der Waals surface area contributed by atoms with Crippen molar-refractivity contribution in [2.75, 3.05) is 5.88 Å². The van der Waals surface area contributed by atoms with E-state index in [0.717, 1.165) is 0 Å². The number of rotatable bonds is 4. The smallest absolute Gasteiger partial charge is 0.191 e. The molecule has 0 spiro atoms. The predicted octanol–water partition coefficient (Wildman–Crippen LogP) is 2.82. The van der Waals surface area contributed by atoms with Crippen LogP contribution < -0.4 is 10.5 Å². The maximum Gasteiger partial charge on any atom is 0.191 e. The van der Waals surface area contributed by atoms with Crippen molar-refractivity contribution in [1.29, 1.82) is 0 Å². The van der Waals surface area contributed by atoms with Gasteiger partial charge in [0.05, 0.1) is 4.90 Å². The number of hydrogen-bond acceptors (Lipinski definition) is 4. The second kappa shape index (κ2) is 5.61. The van der Waals surface area contributed by atoms with E-state index < -0.39 is 15.7 Å². The Kier molecular flexibility index (Phi) is 4.09. The number of ether oxygens (including phenoxy) is 1. The first-order chi connectivity index (χ1) is 9.01. The van der Waals surface area contributed by atoms with E-state index >= 15 is 0 Å². The van der Waals surface area contributed by atoms with Crippen LogP contribution in [-0.4, -0.2) is 14.3 Å². The third kappa shape index (κ3) is 3.47. The van der Waals surface area contributed by atoms with Crippen LogP contribution in [0.2, 0.25) is 5.02 Å². The van der Waals surface area contributed by atoms with Crippen LogP contribution in [0.4, 0.5) is 0 Å². The molecule has 100 valence electrons. The van der Waals surface area contributed by atoms with Crippen molar-refractivity contribution in [3.8, 4) is 11.5 Å². The third-order valence-corrected chi connectivity index (χ3v) is 4.13. The molecule has 0 unspecified atom stereocenters. The fourth-order valence-corrected chi connectivity index (χ4v) is 2.32. The largest absolute Gasteiger partial charge is 0.457 e. The maximum atomic E-state index is 11.5. The van der Waals surface area contributed by atoms with Crippen LogP contribution in [0.3, 0.4) is 0 Å². The molecule has 0 aromatic heterocycles. The highest BCUT2D eigenvalue weighted by Gasteiger charge is 2.11. The fraction of sp³-hybridized carbons (Fsp3) is 0.0769. The second-order valence-electron chi connectivity index (χ2n) is 3.81. The van der Waals surface area contributed by atoms with Gasteiger partial charge < -0.3 is 10.5 Å². The summed E-state index contributed by atoms with van der Waals surface area (Å²) in [4.78, 5) is 0.179. The lowest BCUT2D eigenvalue weighted by molar-refractivity contribution is 0.482. The lowest BCUT2D eigenvalue weighted by Gasteiger charge is -2.07. The highest BCUT2D eigenvalue weighted by atomic mass is 35.5. The van der Waals surface area contributed by atoms with Crippen LogP contribution in [0.1, 0.15) is 0 Å². The van der Waals surface area contributed by atoms with E-state index in [1.165, 1.54) is 12.1 Å². The number of nitrogens with two attached hydrogens (primary N) is 1. The van der Waals surface area contributed by atoms with Gasteiger partial charge >= 0.3 is 0 Å². The van der Waals surface area contributed by atoms with Crippen molar-refractivity contribution in [2.45, 2.75) is 4.90 Å². The molecular formula is C13H12ClNO3S. The Morgan fingerprint density at radius 1 is 0.947 bits per heavy atom. The fourth-order valence-electron chi connectivity index (χ4n) is 1.45. The molecule has 0 radical (unpaired) electrons. The van der Waals surface area contributed by atoms with Crippen molar-refractivity contribution in [3.63, 3.8) is 0 Å². The molecule has 0 aliphatic heterocycles. The minimum atomic E-state index is -3.39. The van der Waals surface area contributed by atoms with Gasteiger partial charge in [-0.1, -0.05) is 11.6 Å². The van der Waals surface area contributed by atoms with Crippen LogP contribution >= 0.6 is 11.6 Å². The van der Waals surface area contributed by atoms with Crippen molar-refractivity contribution in [1.82, 2.24) is 0 Å². The Morgan fingerprint density at radius 3 is 1.89 bits per heavy atom. The lowest BCUT2D eigenvalue weighted by atomic mass is 10.3. The van der Waals surface area contributed by atoms with E-state index in [2.05, 4.69) is 0 Å². The molecule has 2 rings (SSSR count). The van der Waals surface area contributed by atoms with E-state index in [9.17, 15) is 8.42 Å². The summed E-state index contributed by atoms with van der Waals surface area (Å²) in [5.74, 6) is 0.752. The summed E-state index contributed by atoms with van der Waals surface area (Å²) in [5.41, 5.74) is 5.18. The van der Waals surface area contributed by atoms with Crippen LogP contribution in [0.25, 0.3) is 0 Å². The van der Waals surface area contributed by atoms with Crippen molar-refractivity contribution in [3.05, 3.63) is 53.6 Å². The second-order valence-corrected chi connectivity index (χ2v) is 6.28. The summed E-state index contributed by atoms with van der Waals surface area (Å²) in [6.45, 7) is 0. The van der Waals surface area contributed by atoms with Crippen molar-refractivity contribution >= 4 is 21.4 Å². The first kappa shape index (κ1) is 13.9. The molecule has 19 heavy (non-hydrogen) atoms. The lowest BCUT2D eigenvalue weighted by Crippen LogP contribution is -2.14. The SMILES string of the molecule is NCS(=O)(=O)c1ccc(Oc2ccc(Cl)cc2)cc1. The Labute approximate surface area is 116 Å². The molecule has 0 aliphatic carbocycles. The van der Waals surface area contributed by atoms with Gasteiger partial charge in [-0.25, -0.2) is 8.42 Å². The highest BCUT2D eigenvalue weighted by molar-refractivity contribution is 7.91. The molecule has 0 heterocycles. The summed E-state index contributed by atoms with van der Waals surface area (Å²) in [5, 5.41) is 0.622. The van der Waals surface area contributed by atoms with Gasteiger partial charge in [0, 0.05) is 5.02 Å². The molecule has 2 aromatic rings. The third-order valence-electron chi connectivity index (χ3n) is 2.45. The minimum Gasteiger partial charge on any atom is -0.457 e. The Bertz CT molecular complexity index is 651. The molecule has 0 fully saturated rings. The van der Waals surface area contributed by atoms with Crippen LogP contribution in [-0.2, 0) is 9.84 Å². The van der Waals surface area contributed by atoms with Crippen molar-refractivity contribution in [2.24, 2.45) is 5.73 Å². The standard InChI is InChI=1S/C13H12ClNO3S/c14-10-1-3-11(4-2-10)18-12-5-7-13(8-6-12)19(16,17)9-15/h1-8H,9,15H2. The van der Waals surface area contributed by atoms with Gasteiger partial charge in [-0.3, -0.25) is 0 Å². The van der Waals surface area contributed by atoms with Crippen molar-refractivity contribution < 1.29 is 13.2 Å². The molecule has 0 saturated carbocycles. The van der Waals surface area contributed by atoms with E-state index in [4.69, 9.17) is 22.1 Å². The first-order valence-electron chi connectivity index (χ1n) is 5.47. The summed E-state index contributed by atoms with van der Waals surface area (Å²) >= 11 is 5.77. The summed E-state index contributed by atoms with van der Waals surface area (Å²) in [7, 11) is -3.39. The molecule has 0 bridgehead atoms. The number of sulfone groups is 1. The molecule has 4 nitrogen and oxygen atoms in total. The summed E-state index contributed by atoms with van der Waals surface area (Å²) < 4.78 is 28.6. The average molecular weight is 298 g/mol. The van der Waals surface area contributed by atoms with Gasteiger partial charge in [-0.05, 0) is 48.5 Å². The Morgan fingerprint density at radius 2 is 1.42 bits per heavy atom. The first-order valence-corrected chi connectivity index (χ1v) is 7.50. The van der Waals surface area contributed by atoms with Crippen LogP contribution in [0.15, 0.2) is 53.4 Å². The Hall–Kier alpha value is -1.56. The van der Waals surface area contributed by atoms with Gasteiger partial charge in [-0.2, -0.15) is 0 Å². The zero-order valence-corrected chi connectivity index (χ0v) is 11.5. The van der Waals surface area contributed by atoms with Gasteiger partial charge in [0.2, 0.25) is 0 Å². The average Bonchev–Trinajstić information content (AvgIpc) is 2.42. The normalized spacial score (nSPS) is 11.3. The molecule has 2 aromatic carbocycles. The van der Waals surface area contributed by atoms with E-state index in [0.29, 0.717) is 16.5 Å². The molecule has 2 N–H and O–H groups in total. The predicted molar refractivity (Wildman–Crippen MR) is 74.2 cm³/mol. The van der Waals surface area contributed by atoms with Crippen LogP contribution in [0, 0.1) is 0 Å². The van der Waals surface area contributed by atoms with E-state index in [1.54, 1.807) is 36.4 Å². The van der Waals surface area contributed by atoms with Gasteiger partial charge in [-0.15, -0.1) is 0 Å². The number of hydrogen-bond donors (Lipinski definition) is 1. The number of benzene rings is 2. The number of halogens is 1. The van der Waals surface area contributed by atoms with E-state index in [-0.39, 0.29) is 4.90 Å². The van der Waals surface area contributed by atoms with E-state index in [1.807, 2.05) is 0 Å². The van der Waals surface area contributed by atoms with Gasteiger partial charge in [0.15, 0.2) is 9.84 Å². The highest BCUT2D eigenvalue weighted by Crippen LogP contribution is 2.24. The zero-order chi connectivity index (χ0) is 13.9. The molecule has 0 aliphatic rings. The minimum absolute atomic E-state index is 0.179. The maximum absolute atomic E-state index is 11.5. The topological polar surface area (TPSA) is 69.4 Å². The molecule has 0 amide bonds. The molecule has 6 heteroatoms. The zero-order valence-electron chi connectivity index (χ0n) is 9.91.